The second kappa shape index (κ2) is 11.2. The first kappa shape index (κ1) is 26.0. The van der Waals surface area contributed by atoms with E-state index in [1.807, 2.05) is 6.07 Å². The van der Waals surface area contributed by atoms with Gasteiger partial charge in [0.15, 0.2) is 23.3 Å². The zero-order valence-electron chi connectivity index (χ0n) is 18.7. The van der Waals surface area contributed by atoms with Crippen molar-refractivity contribution in [3.8, 4) is 5.75 Å². The SMILES string of the molecule is CC(=O)OC1C(Br)O[C@@H](c2ccc(Cl)c(Cc3ccc(O)cc3)c2)[C@H](OC(C)=O)C1OC(C)=O. The molecule has 0 amide bonds. The van der Waals surface area contributed by atoms with Crippen molar-refractivity contribution in [3.63, 3.8) is 0 Å². The minimum Gasteiger partial charge on any atom is -0.508 e. The Morgan fingerprint density at radius 1 is 0.912 bits per heavy atom. The topological polar surface area (TPSA) is 108 Å². The van der Waals surface area contributed by atoms with Crippen molar-refractivity contribution in [3.05, 3.63) is 64.2 Å². The van der Waals surface area contributed by atoms with E-state index < -0.39 is 47.3 Å². The molecule has 1 aliphatic heterocycles. The summed E-state index contributed by atoms with van der Waals surface area (Å²) in [6.07, 6.45) is -3.66. The average molecular weight is 556 g/mol. The van der Waals surface area contributed by atoms with Crippen LogP contribution in [0.15, 0.2) is 42.5 Å². The highest BCUT2D eigenvalue weighted by Gasteiger charge is 2.51. The summed E-state index contributed by atoms with van der Waals surface area (Å²) in [7, 11) is 0. The Bertz CT molecular complexity index is 1060. The van der Waals surface area contributed by atoms with E-state index >= 15 is 0 Å². The van der Waals surface area contributed by atoms with E-state index in [1.54, 1.807) is 36.4 Å². The third-order valence-electron chi connectivity index (χ3n) is 5.12. The fraction of sp³-hybridized carbons (Fsp3) is 0.375. The number of esters is 3. The predicted octanol–water partition coefficient (Wildman–Crippen LogP) is 4.22. The van der Waals surface area contributed by atoms with Crippen LogP contribution in [0.25, 0.3) is 0 Å². The number of halogens is 2. The molecule has 0 saturated carbocycles. The van der Waals surface area contributed by atoms with Gasteiger partial charge in [0.05, 0.1) is 0 Å². The number of phenols is 1. The zero-order valence-corrected chi connectivity index (χ0v) is 21.0. The molecule has 0 spiro atoms. The molecule has 10 heteroatoms. The van der Waals surface area contributed by atoms with Gasteiger partial charge in [-0.05, 0) is 41.3 Å². The lowest BCUT2D eigenvalue weighted by Crippen LogP contribution is -2.56. The van der Waals surface area contributed by atoms with Crippen LogP contribution in [0, 0.1) is 0 Å². The first-order valence-corrected chi connectivity index (χ1v) is 11.7. The second-order valence-electron chi connectivity index (χ2n) is 7.82. The van der Waals surface area contributed by atoms with Crippen molar-refractivity contribution in [2.24, 2.45) is 0 Å². The van der Waals surface area contributed by atoms with E-state index in [0.29, 0.717) is 17.0 Å². The third-order valence-corrected chi connectivity index (χ3v) is 6.22. The number of aromatic hydroxyl groups is 1. The van der Waals surface area contributed by atoms with Gasteiger partial charge in [-0.1, -0.05) is 51.8 Å². The van der Waals surface area contributed by atoms with Gasteiger partial charge >= 0.3 is 17.9 Å². The Balaban J connectivity index is 2.00. The summed E-state index contributed by atoms with van der Waals surface area (Å²) < 4.78 is 22.4. The molecule has 1 saturated heterocycles. The summed E-state index contributed by atoms with van der Waals surface area (Å²) in [5.74, 6) is -1.71. The number of carbonyl (C=O) groups excluding carboxylic acids is 3. The number of hydrogen-bond donors (Lipinski definition) is 1. The van der Waals surface area contributed by atoms with Crippen LogP contribution < -0.4 is 0 Å². The Hall–Kier alpha value is -2.62. The van der Waals surface area contributed by atoms with Gasteiger partial charge in [-0.3, -0.25) is 14.4 Å². The van der Waals surface area contributed by atoms with Crippen molar-refractivity contribution < 1.29 is 38.4 Å². The molecule has 8 nitrogen and oxygen atoms in total. The zero-order chi connectivity index (χ0) is 25.0. The van der Waals surface area contributed by atoms with E-state index in [2.05, 4.69) is 15.9 Å². The molecule has 2 aromatic carbocycles. The number of rotatable bonds is 6. The van der Waals surface area contributed by atoms with E-state index in [1.165, 1.54) is 20.8 Å². The first-order valence-electron chi connectivity index (χ1n) is 10.4. The third kappa shape index (κ3) is 6.49. The maximum absolute atomic E-state index is 11.9. The lowest BCUT2D eigenvalue weighted by Gasteiger charge is -2.43. The monoisotopic (exact) mass is 554 g/mol. The highest BCUT2D eigenvalue weighted by molar-refractivity contribution is 9.09. The van der Waals surface area contributed by atoms with Gasteiger partial charge < -0.3 is 24.1 Å². The predicted molar refractivity (Wildman–Crippen MR) is 126 cm³/mol. The summed E-state index contributed by atoms with van der Waals surface area (Å²) in [6, 6.07) is 12.0. The van der Waals surface area contributed by atoms with Crippen LogP contribution >= 0.6 is 27.5 Å². The molecule has 1 aliphatic rings. The normalized spacial score (nSPS) is 24.2. The van der Waals surface area contributed by atoms with Crippen molar-refractivity contribution >= 4 is 45.4 Å². The maximum atomic E-state index is 11.9. The smallest absolute Gasteiger partial charge is 0.303 e. The number of benzene rings is 2. The van der Waals surface area contributed by atoms with Gasteiger partial charge in [-0.25, -0.2) is 0 Å². The van der Waals surface area contributed by atoms with Crippen molar-refractivity contribution in [2.75, 3.05) is 0 Å². The molecular formula is C24H24BrClO8. The second-order valence-corrected chi connectivity index (χ2v) is 9.13. The molecule has 0 aromatic heterocycles. The van der Waals surface area contributed by atoms with E-state index in [4.69, 9.17) is 30.5 Å². The molecule has 0 bridgehead atoms. The lowest BCUT2D eigenvalue weighted by molar-refractivity contribution is -0.232. The molecule has 3 rings (SSSR count). The van der Waals surface area contributed by atoms with E-state index in [-0.39, 0.29) is 5.75 Å². The molecule has 3 unspecified atom stereocenters. The molecule has 182 valence electrons. The fourth-order valence-electron chi connectivity index (χ4n) is 3.77. The van der Waals surface area contributed by atoms with Gasteiger partial charge in [0, 0.05) is 25.8 Å². The highest BCUT2D eigenvalue weighted by atomic mass is 79.9. The van der Waals surface area contributed by atoms with Crippen LogP contribution in [0.2, 0.25) is 5.02 Å². The van der Waals surface area contributed by atoms with Gasteiger partial charge in [-0.2, -0.15) is 0 Å². The van der Waals surface area contributed by atoms with Crippen molar-refractivity contribution in [2.45, 2.75) is 56.6 Å². The van der Waals surface area contributed by atoms with Crippen molar-refractivity contribution in [1.82, 2.24) is 0 Å². The number of phenolic OH excluding ortho intramolecular Hbond substituents is 1. The van der Waals surface area contributed by atoms with Crippen molar-refractivity contribution in [1.29, 1.82) is 0 Å². The van der Waals surface area contributed by atoms with Crippen LogP contribution in [0.3, 0.4) is 0 Å². The Kier molecular flexibility index (Phi) is 8.57. The largest absolute Gasteiger partial charge is 0.508 e. The summed E-state index contributed by atoms with van der Waals surface area (Å²) in [6.45, 7) is 3.65. The number of hydrogen-bond acceptors (Lipinski definition) is 8. The lowest BCUT2D eigenvalue weighted by atomic mass is 9.92. The average Bonchev–Trinajstić information content (AvgIpc) is 2.75. The molecule has 0 aliphatic carbocycles. The summed E-state index contributed by atoms with van der Waals surface area (Å²) >= 11 is 9.79. The van der Waals surface area contributed by atoms with Crippen LogP contribution in [0.4, 0.5) is 0 Å². The Morgan fingerprint density at radius 3 is 2.06 bits per heavy atom. The Labute approximate surface area is 210 Å². The molecule has 34 heavy (non-hydrogen) atoms. The van der Waals surface area contributed by atoms with Crippen LogP contribution in [0.5, 0.6) is 5.75 Å². The summed E-state index contributed by atoms with van der Waals surface area (Å²) in [4.78, 5) is 35.5. The van der Waals surface area contributed by atoms with Crippen LogP contribution in [-0.4, -0.2) is 46.3 Å². The van der Waals surface area contributed by atoms with Gasteiger partial charge in [0.1, 0.15) is 11.9 Å². The highest BCUT2D eigenvalue weighted by Crippen LogP contribution is 2.40. The first-order chi connectivity index (χ1) is 16.0. The van der Waals surface area contributed by atoms with E-state index in [9.17, 15) is 19.5 Å². The standard InChI is InChI=1S/C24H24BrClO8/c1-12(27)31-21-20(34-24(25)23(33-14(3)29)22(21)32-13(2)28)16-6-9-19(26)17(11-16)10-15-4-7-18(30)8-5-15/h4-9,11,20-24,30H,10H2,1-3H3/t20-,21-,22?,23?,24?/m0/s1. The Morgan fingerprint density at radius 2 is 1.47 bits per heavy atom. The fourth-order valence-corrected chi connectivity index (χ4v) is 4.60. The molecule has 5 atom stereocenters. The van der Waals surface area contributed by atoms with Crippen LogP contribution in [-0.2, 0) is 39.8 Å². The number of ether oxygens (including phenoxy) is 4. The van der Waals surface area contributed by atoms with Gasteiger partial charge in [0.2, 0.25) is 0 Å². The molecule has 0 radical (unpaired) electrons. The molecule has 1 fully saturated rings. The minimum atomic E-state index is -1.12. The van der Waals surface area contributed by atoms with Crippen LogP contribution in [0.1, 0.15) is 43.6 Å². The summed E-state index contributed by atoms with van der Waals surface area (Å²) in [5, 5.41) is 9.19. The van der Waals surface area contributed by atoms with Gasteiger partial charge in [-0.15, -0.1) is 0 Å². The summed E-state index contributed by atoms with van der Waals surface area (Å²) in [5.41, 5.74) is 2.31. The minimum absolute atomic E-state index is 0.158. The quantitative estimate of drug-likeness (QED) is 0.321. The number of carbonyl (C=O) groups is 3. The molecule has 1 N–H and O–H groups in total. The maximum Gasteiger partial charge on any atom is 0.303 e. The molecule has 1 heterocycles. The molecule has 2 aromatic rings. The van der Waals surface area contributed by atoms with E-state index in [0.717, 1.165) is 11.1 Å². The van der Waals surface area contributed by atoms with Gasteiger partial charge in [0.25, 0.3) is 0 Å². The number of alkyl halides is 1. The molecular weight excluding hydrogens is 532 g/mol.